The average Bonchev–Trinajstić information content (AvgIpc) is 3.39. The van der Waals surface area contributed by atoms with Crippen LogP contribution in [0, 0.1) is 6.67 Å². The maximum atomic E-state index is 11.5. The van der Waals surface area contributed by atoms with Crippen molar-refractivity contribution in [2.45, 2.75) is 90.9 Å². The second-order valence-corrected chi connectivity index (χ2v) is 13.4. The van der Waals surface area contributed by atoms with Crippen LogP contribution in [-0.2, 0) is 41.6 Å². The molecular weight excluding hydrogens is 829 g/mol. The number of para-hydroxylation sites is 2. The zero-order chi connectivity index (χ0) is 33.6. The third-order valence-corrected chi connectivity index (χ3v) is 8.16. The molecule has 0 aliphatic carbocycles. The Hall–Kier alpha value is -1.72. The molecule has 1 heterocycles. The normalized spacial score (nSPS) is 14.0. The minimum atomic E-state index is -5.90. The average molecular weight is 867 g/mol. The van der Waals surface area contributed by atoms with Crippen LogP contribution in [-0.4, -0.2) is 20.3 Å². The summed E-state index contributed by atoms with van der Waals surface area (Å²) in [4.78, 5) is 7.13. The van der Waals surface area contributed by atoms with E-state index in [1.165, 1.54) is 33.6 Å². The Labute approximate surface area is 281 Å². The van der Waals surface area contributed by atoms with E-state index < -0.39 is 34.1 Å². The molecule has 257 valence electrons. The van der Waals surface area contributed by atoms with E-state index in [1.54, 1.807) is 4.13 Å². The fourth-order valence-corrected chi connectivity index (χ4v) is 5.25. The smallest absolute Gasteiger partial charge is 0.458 e. The van der Waals surface area contributed by atoms with E-state index >= 15 is 0 Å². The van der Waals surface area contributed by atoms with E-state index in [0.29, 0.717) is 23.7 Å². The molecule has 1 radical (unpaired) electrons. The van der Waals surface area contributed by atoms with Gasteiger partial charge in [-0.2, -0.15) is 17.5 Å². The van der Waals surface area contributed by atoms with E-state index in [2.05, 4.69) is 130 Å². The van der Waals surface area contributed by atoms with Crippen molar-refractivity contribution in [1.82, 2.24) is 0 Å². The van der Waals surface area contributed by atoms with Gasteiger partial charge in [0, 0.05) is 23.8 Å². The molecule has 0 fully saturated rings. The second kappa shape index (κ2) is 16.9. The Morgan fingerprint density at radius 3 is 1.29 bits per heavy atom. The molecular formula is C29H37AuF6N3O4S2. The van der Waals surface area contributed by atoms with Gasteiger partial charge in [0.2, 0.25) is 0 Å². The fourth-order valence-electron chi connectivity index (χ4n) is 4.39. The minimum Gasteiger partial charge on any atom is -0.458 e. The predicted octanol–water partition coefficient (Wildman–Crippen LogP) is 10.3. The molecule has 0 aromatic heterocycles. The largest absolute Gasteiger partial charge is 1.00 e. The Kier molecular flexibility index (Phi) is 15.5. The van der Waals surface area contributed by atoms with Crippen molar-refractivity contribution in [1.29, 1.82) is 0 Å². The number of benzene rings is 2. The van der Waals surface area contributed by atoms with Crippen molar-refractivity contribution in [2.24, 2.45) is 0 Å². The van der Waals surface area contributed by atoms with Gasteiger partial charge in [-0.25, -0.2) is 8.42 Å². The SMILES string of the molecule is CC(C)c1cccc(C(C)C)c1N1[CH]N(c2c(C(C)C)cccc2C(C)C)C=C1.O=S(=O)([N-]SOOC(F)(F)F)C(F)(F)F.[Au+]. The van der Waals surface area contributed by atoms with Crippen LogP contribution in [0.3, 0.4) is 0 Å². The van der Waals surface area contributed by atoms with Crippen LogP contribution < -0.4 is 9.80 Å². The summed E-state index contributed by atoms with van der Waals surface area (Å²) in [6.07, 6.45) is -0.840. The molecule has 3 rings (SSSR count). The first-order valence-corrected chi connectivity index (χ1v) is 15.8. The van der Waals surface area contributed by atoms with Crippen LogP contribution in [0.1, 0.15) is 101 Å². The molecule has 0 spiro atoms. The van der Waals surface area contributed by atoms with Gasteiger partial charge in [0.1, 0.15) is 0 Å². The van der Waals surface area contributed by atoms with E-state index in [9.17, 15) is 34.8 Å². The number of halogens is 6. The van der Waals surface area contributed by atoms with Gasteiger partial charge in [-0.05, 0) is 45.9 Å². The molecule has 16 heteroatoms. The predicted molar refractivity (Wildman–Crippen MR) is 162 cm³/mol. The van der Waals surface area contributed by atoms with Crippen LogP contribution in [0.2, 0.25) is 0 Å². The summed E-state index contributed by atoms with van der Waals surface area (Å²) < 4.78 is 92.7. The summed E-state index contributed by atoms with van der Waals surface area (Å²) in [5.41, 5.74) is 2.58. The van der Waals surface area contributed by atoms with E-state index in [0.717, 1.165) is 0 Å². The second-order valence-electron chi connectivity index (χ2n) is 11.1. The molecule has 0 N–H and O–H groups in total. The maximum absolute atomic E-state index is 11.5. The van der Waals surface area contributed by atoms with Gasteiger partial charge in [-0.3, -0.25) is 0 Å². The summed E-state index contributed by atoms with van der Waals surface area (Å²) >= 11 is -1.01. The summed E-state index contributed by atoms with van der Waals surface area (Å²) in [6.45, 7) is 20.5. The summed E-state index contributed by atoms with van der Waals surface area (Å²) in [6, 6.07) is 13.5. The number of alkyl halides is 6. The molecule has 1 aliphatic rings. The zero-order valence-electron chi connectivity index (χ0n) is 25.9. The molecule has 0 unspecified atom stereocenters. The van der Waals surface area contributed by atoms with Crippen molar-refractivity contribution in [2.75, 3.05) is 9.80 Å². The molecule has 2 aromatic rings. The summed E-state index contributed by atoms with van der Waals surface area (Å²) in [5, 5.41) is 0. The van der Waals surface area contributed by atoms with E-state index in [4.69, 9.17) is 0 Å². The molecule has 0 saturated heterocycles. The van der Waals surface area contributed by atoms with Gasteiger partial charge in [-0.1, -0.05) is 104 Å². The monoisotopic (exact) mass is 866 g/mol. The first-order valence-electron chi connectivity index (χ1n) is 13.6. The van der Waals surface area contributed by atoms with E-state index in [-0.39, 0.29) is 22.4 Å². The first-order chi connectivity index (χ1) is 20.2. The van der Waals surface area contributed by atoms with Gasteiger partial charge >= 0.3 is 34.3 Å². The minimum absolute atomic E-state index is 0. The molecule has 0 saturated carbocycles. The van der Waals surface area contributed by atoms with Crippen molar-refractivity contribution in [3.05, 3.63) is 81.8 Å². The topological polar surface area (TPSA) is 73.2 Å². The zero-order valence-corrected chi connectivity index (χ0v) is 29.7. The van der Waals surface area contributed by atoms with Crippen molar-refractivity contribution < 1.29 is 66.4 Å². The Morgan fingerprint density at radius 1 is 0.689 bits per heavy atom. The molecule has 0 atom stereocenters. The molecule has 0 bridgehead atoms. The van der Waals surface area contributed by atoms with Gasteiger partial charge < -0.3 is 13.9 Å². The molecule has 7 nitrogen and oxygen atoms in total. The van der Waals surface area contributed by atoms with Gasteiger partial charge in [0.05, 0.1) is 0 Å². The van der Waals surface area contributed by atoms with E-state index in [1.807, 2.05) is 0 Å². The number of hydrogen-bond acceptors (Lipinski definition) is 7. The van der Waals surface area contributed by atoms with Crippen LogP contribution in [0.15, 0.2) is 48.8 Å². The van der Waals surface area contributed by atoms with Crippen molar-refractivity contribution in [3.63, 3.8) is 0 Å². The summed E-state index contributed by atoms with van der Waals surface area (Å²) in [7, 11) is -5.90. The van der Waals surface area contributed by atoms with Gasteiger partial charge in [0.25, 0.3) is 0 Å². The Bertz CT molecular complexity index is 1260. The number of hydrogen-bond donors (Lipinski definition) is 0. The van der Waals surface area contributed by atoms with Crippen LogP contribution in [0.25, 0.3) is 4.13 Å². The maximum Gasteiger partial charge on any atom is 1.00 e. The van der Waals surface area contributed by atoms with Crippen LogP contribution in [0.4, 0.5) is 37.7 Å². The number of rotatable bonds is 10. The molecule has 0 amide bonds. The third-order valence-electron chi connectivity index (χ3n) is 6.42. The van der Waals surface area contributed by atoms with Crippen molar-refractivity contribution in [3.8, 4) is 0 Å². The van der Waals surface area contributed by atoms with Gasteiger partial charge in [0.15, 0.2) is 16.7 Å². The standard InChI is InChI=1S/C27H37N2.C2F6NO4S2.Au/c1-18(2)22-11-9-12-23(19(3)4)26(22)28-15-16-29(17-28)27-24(20(5)6)13-10-14-25(27)21(7)8;3-1(4,5)12-13-14-9-15(10,11)2(6,7)8;/h9-21H,1-8H3;;/q;-1;+1. The number of nitrogens with zero attached hydrogens (tertiary/aromatic N) is 3. The Balaban J connectivity index is 0.000000541. The van der Waals surface area contributed by atoms with Crippen LogP contribution in [0.5, 0.6) is 0 Å². The molecule has 45 heavy (non-hydrogen) atoms. The molecule has 1 aliphatic heterocycles. The first kappa shape index (κ1) is 41.3. The van der Waals surface area contributed by atoms with Crippen molar-refractivity contribution >= 4 is 33.6 Å². The Morgan fingerprint density at radius 2 is 1.02 bits per heavy atom. The number of sulfonamides is 1. The quantitative estimate of drug-likeness (QED) is 0.0448. The van der Waals surface area contributed by atoms with Crippen LogP contribution >= 0.6 is 12.2 Å². The van der Waals surface area contributed by atoms with Gasteiger partial charge in [-0.15, -0.1) is 18.1 Å². The summed E-state index contributed by atoms with van der Waals surface area (Å²) in [5.74, 6) is 1.92. The molecule has 2 aromatic carbocycles. The fraction of sp³-hybridized carbons (Fsp3) is 0.483. The number of anilines is 2. The third kappa shape index (κ3) is 11.5.